The lowest BCUT2D eigenvalue weighted by molar-refractivity contribution is 0.146. The zero-order valence-electron chi connectivity index (χ0n) is 12.0. The number of hydrogen-bond donors (Lipinski definition) is 2. The fourth-order valence-electron chi connectivity index (χ4n) is 2.00. The van der Waals surface area contributed by atoms with Crippen LogP contribution in [0.2, 0.25) is 0 Å². The Bertz CT molecular complexity index is 611. The monoisotopic (exact) mass is 296 g/mol. The second-order valence-corrected chi connectivity index (χ2v) is 4.48. The predicted molar refractivity (Wildman–Crippen MR) is 76.2 cm³/mol. The first kappa shape index (κ1) is 15.3. The summed E-state index contributed by atoms with van der Waals surface area (Å²) in [6, 6.07) is 1.29. The number of rotatable bonds is 6. The van der Waals surface area contributed by atoms with Gasteiger partial charge in [-0.3, -0.25) is 4.68 Å². The van der Waals surface area contributed by atoms with E-state index in [1.54, 1.807) is 10.9 Å². The van der Waals surface area contributed by atoms with Gasteiger partial charge in [0.15, 0.2) is 0 Å². The molecule has 0 amide bonds. The minimum Gasteiger partial charge on any atom is -0.353 e. The number of nitrogens with one attached hydrogen (secondary N) is 1. The van der Waals surface area contributed by atoms with E-state index < -0.39 is 6.43 Å². The predicted octanol–water partition coefficient (Wildman–Crippen LogP) is 1.98. The van der Waals surface area contributed by atoms with Crippen LogP contribution in [-0.4, -0.2) is 32.8 Å². The Balaban J connectivity index is 2.45. The topological polar surface area (TPSA) is 81.7 Å². The summed E-state index contributed by atoms with van der Waals surface area (Å²) in [4.78, 5) is 8.07. The summed E-state index contributed by atoms with van der Waals surface area (Å²) >= 11 is 0. The van der Waals surface area contributed by atoms with Gasteiger partial charge >= 0.3 is 0 Å². The van der Waals surface area contributed by atoms with Gasteiger partial charge in [0, 0.05) is 30.9 Å². The smallest absolute Gasteiger partial charge is 0.280 e. The van der Waals surface area contributed by atoms with E-state index in [-0.39, 0.29) is 11.6 Å². The van der Waals surface area contributed by atoms with Gasteiger partial charge in [-0.2, -0.15) is 5.10 Å². The molecule has 0 spiro atoms. The minimum absolute atomic E-state index is 0.150. The van der Waals surface area contributed by atoms with Crippen LogP contribution in [0.25, 0.3) is 11.3 Å². The highest BCUT2D eigenvalue weighted by Crippen LogP contribution is 2.26. The van der Waals surface area contributed by atoms with E-state index in [1.807, 2.05) is 13.8 Å². The maximum Gasteiger partial charge on any atom is 0.280 e. The Hall–Kier alpha value is -2.09. The third kappa shape index (κ3) is 3.33. The van der Waals surface area contributed by atoms with E-state index in [0.717, 1.165) is 11.3 Å². The van der Waals surface area contributed by atoms with Gasteiger partial charge in [0.05, 0.1) is 11.9 Å². The van der Waals surface area contributed by atoms with Crippen LogP contribution < -0.4 is 11.1 Å². The van der Waals surface area contributed by atoms with E-state index in [1.165, 1.54) is 6.07 Å². The first-order valence-corrected chi connectivity index (χ1v) is 6.70. The van der Waals surface area contributed by atoms with Gasteiger partial charge in [-0.25, -0.2) is 18.7 Å². The summed E-state index contributed by atoms with van der Waals surface area (Å²) < 4.78 is 27.7. The number of anilines is 1. The fraction of sp³-hybridized carbons (Fsp3) is 0.462. The van der Waals surface area contributed by atoms with Gasteiger partial charge in [0.2, 0.25) is 5.95 Å². The summed E-state index contributed by atoms with van der Waals surface area (Å²) in [6.07, 6.45) is -1.03. The molecule has 0 atom stereocenters. The van der Waals surface area contributed by atoms with E-state index >= 15 is 0 Å². The van der Waals surface area contributed by atoms with Crippen molar-refractivity contribution in [3.05, 3.63) is 23.7 Å². The molecule has 6 nitrogen and oxygen atoms in total. The summed E-state index contributed by atoms with van der Waals surface area (Å²) in [7, 11) is 0. The molecular formula is C13H18F2N6. The maximum atomic E-state index is 13.0. The van der Waals surface area contributed by atoms with Crippen LogP contribution in [0, 0.1) is 6.92 Å². The van der Waals surface area contributed by atoms with E-state index in [0.29, 0.717) is 25.3 Å². The molecule has 0 aliphatic heterocycles. The maximum absolute atomic E-state index is 13.0. The molecule has 0 aliphatic rings. The van der Waals surface area contributed by atoms with E-state index in [2.05, 4.69) is 20.4 Å². The Kier molecular flexibility index (Phi) is 4.79. The van der Waals surface area contributed by atoms with Crippen LogP contribution in [0.15, 0.2) is 12.3 Å². The molecule has 0 bridgehead atoms. The third-order valence-corrected chi connectivity index (χ3v) is 3.08. The van der Waals surface area contributed by atoms with Gasteiger partial charge < -0.3 is 11.1 Å². The summed E-state index contributed by atoms with van der Waals surface area (Å²) in [6.45, 7) is 5.33. The number of aryl methyl sites for hydroxylation is 1. The second kappa shape index (κ2) is 6.57. The molecule has 0 aliphatic carbocycles. The van der Waals surface area contributed by atoms with Crippen LogP contribution >= 0.6 is 0 Å². The minimum atomic E-state index is -2.66. The highest BCUT2D eigenvalue weighted by Gasteiger charge is 2.16. The van der Waals surface area contributed by atoms with Crippen LogP contribution in [0.3, 0.4) is 0 Å². The van der Waals surface area contributed by atoms with Gasteiger partial charge in [0.1, 0.15) is 5.69 Å². The quantitative estimate of drug-likeness (QED) is 0.851. The molecule has 0 unspecified atom stereocenters. The average Bonchev–Trinajstić information content (AvgIpc) is 2.85. The number of alkyl halides is 2. The second-order valence-electron chi connectivity index (χ2n) is 4.48. The standard InChI is InChI=1S/C13H18F2N6/c1-3-21-8(2)9(7-18-21)10-6-11(12(14)15)20-13(19-10)17-5-4-16/h6-7,12H,3-5,16H2,1-2H3,(H,17,19,20). The van der Waals surface area contributed by atoms with E-state index in [4.69, 9.17) is 5.73 Å². The lowest BCUT2D eigenvalue weighted by Gasteiger charge is -2.09. The molecule has 2 heterocycles. The van der Waals surface area contributed by atoms with Crippen LogP contribution in [0.4, 0.5) is 14.7 Å². The largest absolute Gasteiger partial charge is 0.353 e. The molecule has 0 saturated carbocycles. The van der Waals surface area contributed by atoms with Crippen molar-refractivity contribution in [3.63, 3.8) is 0 Å². The normalized spacial score (nSPS) is 11.1. The molecule has 0 aromatic carbocycles. The Morgan fingerprint density at radius 1 is 1.38 bits per heavy atom. The average molecular weight is 296 g/mol. The van der Waals surface area contributed by atoms with Gasteiger partial charge in [-0.1, -0.05) is 0 Å². The summed E-state index contributed by atoms with van der Waals surface area (Å²) in [5.41, 5.74) is 7.10. The molecule has 2 rings (SSSR count). The molecular weight excluding hydrogens is 278 g/mol. The third-order valence-electron chi connectivity index (χ3n) is 3.08. The van der Waals surface area contributed by atoms with Crippen LogP contribution in [0.5, 0.6) is 0 Å². The molecule has 2 aromatic heterocycles. The molecule has 8 heteroatoms. The first-order valence-electron chi connectivity index (χ1n) is 6.70. The van der Waals surface area contributed by atoms with Crippen molar-refractivity contribution in [2.75, 3.05) is 18.4 Å². The SMILES string of the molecule is CCn1ncc(-c2cc(C(F)F)nc(NCCN)n2)c1C. The van der Waals surface area contributed by atoms with Crippen LogP contribution in [0.1, 0.15) is 24.7 Å². The van der Waals surface area contributed by atoms with Gasteiger partial charge in [0.25, 0.3) is 6.43 Å². The Morgan fingerprint density at radius 3 is 2.71 bits per heavy atom. The zero-order valence-corrected chi connectivity index (χ0v) is 12.0. The van der Waals surface area contributed by atoms with Crippen molar-refractivity contribution in [3.8, 4) is 11.3 Å². The zero-order chi connectivity index (χ0) is 15.4. The Morgan fingerprint density at radius 2 is 2.14 bits per heavy atom. The molecule has 0 saturated heterocycles. The number of aromatic nitrogens is 4. The van der Waals surface area contributed by atoms with E-state index in [9.17, 15) is 8.78 Å². The van der Waals surface area contributed by atoms with Gasteiger partial charge in [-0.05, 0) is 19.9 Å². The van der Waals surface area contributed by atoms with Gasteiger partial charge in [-0.15, -0.1) is 0 Å². The highest BCUT2D eigenvalue weighted by atomic mass is 19.3. The highest BCUT2D eigenvalue weighted by molar-refractivity contribution is 5.62. The number of halogens is 2. The number of nitrogens with two attached hydrogens (primary N) is 1. The molecule has 21 heavy (non-hydrogen) atoms. The fourth-order valence-corrected chi connectivity index (χ4v) is 2.00. The molecule has 2 aromatic rings. The van der Waals surface area contributed by atoms with Crippen molar-refractivity contribution in [1.82, 2.24) is 19.7 Å². The lowest BCUT2D eigenvalue weighted by Crippen LogP contribution is -2.15. The van der Waals surface area contributed by atoms with Crippen molar-refractivity contribution < 1.29 is 8.78 Å². The van der Waals surface area contributed by atoms with Crippen LogP contribution in [-0.2, 0) is 6.54 Å². The molecule has 0 radical (unpaired) electrons. The molecule has 0 fully saturated rings. The van der Waals surface area contributed by atoms with Crippen molar-refractivity contribution in [1.29, 1.82) is 0 Å². The van der Waals surface area contributed by atoms with Crippen molar-refractivity contribution in [2.45, 2.75) is 26.8 Å². The first-order chi connectivity index (χ1) is 10.1. The Labute approximate surface area is 121 Å². The number of hydrogen-bond acceptors (Lipinski definition) is 5. The lowest BCUT2D eigenvalue weighted by atomic mass is 10.1. The number of nitrogens with zero attached hydrogens (tertiary/aromatic N) is 4. The molecule has 114 valence electrons. The summed E-state index contributed by atoms with van der Waals surface area (Å²) in [5, 5.41) is 7.04. The summed E-state index contributed by atoms with van der Waals surface area (Å²) in [5.74, 6) is 0.150. The molecule has 3 N–H and O–H groups in total. The van der Waals surface area contributed by atoms with Crippen molar-refractivity contribution >= 4 is 5.95 Å². The van der Waals surface area contributed by atoms with Crippen molar-refractivity contribution in [2.24, 2.45) is 5.73 Å².